The van der Waals surface area contributed by atoms with E-state index in [0.29, 0.717) is 36.5 Å². The predicted octanol–water partition coefficient (Wildman–Crippen LogP) is 4.13. The van der Waals surface area contributed by atoms with Crippen LogP contribution in [0.25, 0.3) is 22.5 Å². The maximum Gasteiger partial charge on any atom is 0.439 e. The molecule has 37 heavy (non-hydrogen) atoms. The maximum atomic E-state index is 13.6. The van der Waals surface area contributed by atoms with Crippen LogP contribution in [0.3, 0.4) is 0 Å². The number of hydrogen-bond acceptors (Lipinski definition) is 6. The number of nitrogens with zero attached hydrogens (tertiary/aromatic N) is 3. The zero-order valence-corrected chi connectivity index (χ0v) is 25.2. The number of aromatic amines is 1. The molecule has 2 heterocycles. The second-order valence-electron chi connectivity index (χ2n) is 9.26. The summed E-state index contributed by atoms with van der Waals surface area (Å²) in [6.45, 7) is 8.19. The van der Waals surface area contributed by atoms with Crippen molar-refractivity contribution in [2.45, 2.75) is 59.6 Å². The van der Waals surface area contributed by atoms with Crippen LogP contribution in [-0.2, 0) is 19.4 Å². The molecule has 2 aromatic heterocycles. The van der Waals surface area contributed by atoms with Crippen LogP contribution in [0.2, 0.25) is 0 Å². The fourth-order valence-electron chi connectivity index (χ4n) is 4.40. The number of benzene rings is 2. The van der Waals surface area contributed by atoms with E-state index in [2.05, 4.69) is 21.6 Å². The fraction of sp³-hybridized carbons (Fsp3) is 0.357. The number of aromatic nitrogens is 4. The molecule has 1 unspecified atom stereocenters. The SMILES string of the molecule is CCCc1nc(CC)c(C(O)C(C)C)c(=O)n1Cc1ccc(-c2ccccc2-c2noc(=O)[nH]2)cc1.[K]. The molecule has 1 radical (unpaired) electrons. The van der Waals surface area contributed by atoms with E-state index in [9.17, 15) is 14.7 Å². The Labute approximate surface area is 258 Å². The van der Waals surface area contributed by atoms with Crippen molar-refractivity contribution >= 4 is 51.4 Å². The number of rotatable bonds is 9. The Balaban J connectivity index is 0.00000380. The molecule has 0 spiro atoms. The van der Waals surface area contributed by atoms with E-state index in [1.165, 1.54) is 0 Å². The zero-order chi connectivity index (χ0) is 25.8. The molecule has 0 saturated carbocycles. The number of hydrogen-bond donors (Lipinski definition) is 2. The average molecular weight is 528 g/mol. The molecular formula is C28H32KN4O4. The zero-order valence-electron chi connectivity index (χ0n) is 22.1. The molecule has 9 heteroatoms. The third kappa shape index (κ3) is 6.47. The van der Waals surface area contributed by atoms with Gasteiger partial charge >= 0.3 is 5.76 Å². The summed E-state index contributed by atoms with van der Waals surface area (Å²) in [5.41, 5.74) is 4.45. The number of nitrogens with one attached hydrogen (secondary N) is 1. The summed E-state index contributed by atoms with van der Waals surface area (Å²) < 4.78 is 6.38. The van der Waals surface area contributed by atoms with Gasteiger partial charge in [-0.3, -0.25) is 18.9 Å². The first-order valence-corrected chi connectivity index (χ1v) is 12.4. The third-order valence-corrected chi connectivity index (χ3v) is 6.33. The van der Waals surface area contributed by atoms with Crippen molar-refractivity contribution in [1.82, 2.24) is 19.7 Å². The maximum absolute atomic E-state index is 13.6. The Morgan fingerprint density at radius 2 is 1.70 bits per heavy atom. The Morgan fingerprint density at radius 3 is 2.27 bits per heavy atom. The largest absolute Gasteiger partial charge is 0.439 e. The molecule has 8 nitrogen and oxygen atoms in total. The minimum atomic E-state index is -0.858. The minimum absolute atomic E-state index is 0. The standard InChI is InChI=1S/C28H32N4O4.K/c1-5-9-23-29-22(6-2)24(25(33)17(3)4)27(34)32(23)16-18-12-14-19(15-13-18)20-10-7-8-11-21(20)26-30-28(35)36-31-26;/h7-8,10-15,17,25,33H,5-6,9,16H2,1-4H3,(H,30,31,35);. The number of aryl methyl sites for hydroxylation is 2. The van der Waals surface area contributed by atoms with Crippen LogP contribution < -0.4 is 11.3 Å². The summed E-state index contributed by atoms with van der Waals surface area (Å²) in [5.74, 6) is 0.416. The predicted molar refractivity (Wildman–Crippen MR) is 145 cm³/mol. The van der Waals surface area contributed by atoms with Crippen LogP contribution in [0.1, 0.15) is 62.9 Å². The van der Waals surface area contributed by atoms with Gasteiger partial charge in [-0.1, -0.05) is 81.4 Å². The van der Waals surface area contributed by atoms with Crippen LogP contribution in [0.15, 0.2) is 62.6 Å². The van der Waals surface area contributed by atoms with Gasteiger partial charge in [0.2, 0.25) is 0 Å². The summed E-state index contributed by atoms with van der Waals surface area (Å²) >= 11 is 0. The van der Waals surface area contributed by atoms with Crippen molar-refractivity contribution in [3.05, 3.63) is 92.1 Å². The van der Waals surface area contributed by atoms with Crippen molar-refractivity contribution in [1.29, 1.82) is 0 Å². The third-order valence-electron chi connectivity index (χ3n) is 6.33. The minimum Gasteiger partial charge on any atom is -0.388 e. The van der Waals surface area contributed by atoms with Crippen molar-refractivity contribution in [3.63, 3.8) is 0 Å². The van der Waals surface area contributed by atoms with Crippen molar-refractivity contribution in [3.8, 4) is 22.5 Å². The monoisotopic (exact) mass is 527 g/mol. The Kier molecular flexibility index (Phi) is 10.4. The van der Waals surface area contributed by atoms with E-state index < -0.39 is 11.9 Å². The molecule has 2 N–H and O–H groups in total. The van der Waals surface area contributed by atoms with E-state index in [0.717, 1.165) is 34.5 Å². The Hall–Kier alpha value is -2.14. The number of aliphatic hydroxyl groups is 1. The normalized spacial score (nSPS) is 11.9. The van der Waals surface area contributed by atoms with Gasteiger partial charge in [-0.25, -0.2) is 9.78 Å². The van der Waals surface area contributed by atoms with Gasteiger partial charge in [0.1, 0.15) is 5.82 Å². The molecule has 4 aromatic rings. The molecule has 2 aromatic carbocycles. The van der Waals surface area contributed by atoms with Gasteiger partial charge < -0.3 is 5.11 Å². The number of H-pyrrole nitrogens is 1. The van der Waals surface area contributed by atoms with Gasteiger partial charge in [-0.2, -0.15) is 0 Å². The molecule has 0 aliphatic rings. The topological polar surface area (TPSA) is 114 Å². The summed E-state index contributed by atoms with van der Waals surface area (Å²) in [7, 11) is 0. The molecule has 0 aliphatic heterocycles. The van der Waals surface area contributed by atoms with E-state index in [1.807, 2.05) is 69.3 Å². The van der Waals surface area contributed by atoms with E-state index in [1.54, 1.807) is 4.57 Å². The molecule has 0 saturated heterocycles. The first-order valence-electron chi connectivity index (χ1n) is 12.4. The van der Waals surface area contributed by atoms with Crippen molar-refractivity contribution in [2.75, 3.05) is 0 Å². The molecule has 4 rings (SSSR count). The molecule has 0 bridgehead atoms. The smallest absolute Gasteiger partial charge is 0.388 e. The second kappa shape index (κ2) is 13.1. The van der Waals surface area contributed by atoms with Crippen LogP contribution in [0.4, 0.5) is 0 Å². The van der Waals surface area contributed by atoms with Crippen molar-refractivity contribution < 1.29 is 9.63 Å². The first kappa shape index (κ1) is 29.4. The van der Waals surface area contributed by atoms with Crippen LogP contribution in [-0.4, -0.2) is 76.2 Å². The summed E-state index contributed by atoms with van der Waals surface area (Å²) in [6, 6.07) is 15.5. The molecule has 0 fully saturated rings. The molecule has 0 aliphatic carbocycles. The van der Waals surface area contributed by atoms with Gasteiger partial charge in [-0.15, -0.1) is 0 Å². The summed E-state index contributed by atoms with van der Waals surface area (Å²) in [5, 5.41) is 14.6. The van der Waals surface area contributed by atoms with Gasteiger partial charge in [0.05, 0.1) is 23.9 Å². The van der Waals surface area contributed by atoms with Crippen LogP contribution in [0.5, 0.6) is 0 Å². The Bertz CT molecular complexity index is 1450. The molecular weight excluding hydrogens is 495 g/mol. The molecule has 189 valence electrons. The summed E-state index contributed by atoms with van der Waals surface area (Å²) in [6.07, 6.45) is 1.28. The fourth-order valence-corrected chi connectivity index (χ4v) is 4.40. The van der Waals surface area contributed by atoms with E-state index in [-0.39, 0.29) is 62.9 Å². The van der Waals surface area contributed by atoms with Crippen molar-refractivity contribution in [2.24, 2.45) is 5.92 Å². The van der Waals surface area contributed by atoms with E-state index in [4.69, 9.17) is 4.98 Å². The molecule has 1 atom stereocenters. The van der Waals surface area contributed by atoms with E-state index >= 15 is 0 Å². The van der Waals surface area contributed by atoms with Crippen LogP contribution in [0, 0.1) is 5.92 Å². The van der Waals surface area contributed by atoms with Gasteiger partial charge in [0, 0.05) is 63.4 Å². The summed E-state index contributed by atoms with van der Waals surface area (Å²) in [4.78, 5) is 32.5. The quantitative estimate of drug-likeness (QED) is 0.317. The number of aliphatic hydroxyl groups excluding tert-OH is 1. The Morgan fingerprint density at radius 1 is 1.03 bits per heavy atom. The second-order valence-corrected chi connectivity index (χ2v) is 9.26. The first-order chi connectivity index (χ1) is 17.3. The van der Waals surface area contributed by atoms with Gasteiger partial charge in [0.25, 0.3) is 5.56 Å². The van der Waals surface area contributed by atoms with Gasteiger partial charge in [-0.05, 0) is 35.4 Å². The molecule has 0 amide bonds. The van der Waals surface area contributed by atoms with Gasteiger partial charge in [0.15, 0.2) is 5.82 Å². The van der Waals surface area contributed by atoms with Crippen LogP contribution >= 0.6 is 0 Å². The average Bonchev–Trinajstić information content (AvgIpc) is 3.32.